The maximum atomic E-state index is 12.9. The molecular formula is C10H13BrFNO2. The molecule has 0 aliphatic heterocycles. The van der Waals surface area contributed by atoms with E-state index in [4.69, 9.17) is 5.73 Å². The molecule has 0 fully saturated rings. The van der Waals surface area contributed by atoms with Gasteiger partial charge >= 0.3 is 5.97 Å². The lowest BCUT2D eigenvalue weighted by molar-refractivity contribution is 0.0601. The zero-order valence-electron chi connectivity index (χ0n) is 8.80. The Balaban J connectivity index is 0.000000921. The van der Waals surface area contributed by atoms with Crippen LogP contribution in [0.5, 0.6) is 0 Å². The zero-order chi connectivity index (χ0) is 12.0. The normalized spacial score (nSPS) is 8.87. The Morgan fingerprint density at radius 3 is 2.47 bits per heavy atom. The minimum absolute atomic E-state index is 0.0307. The maximum absolute atomic E-state index is 12.9. The van der Waals surface area contributed by atoms with Crippen LogP contribution in [0.1, 0.15) is 24.2 Å². The molecule has 0 bridgehead atoms. The van der Waals surface area contributed by atoms with Crippen LogP contribution in [-0.2, 0) is 4.74 Å². The first kappa shape index (κ1) is 13.9. The molecule has 0 amide bonds. The highest BCUT2D eigenvalue weighted by molar-refractivity contribution is 9.10. The largest absolute Gasteiger partial charge is 0.465 e. The fourth-order valence-electron chi connectivity index (χ4n) is 0.849. The Hall–Kier alpha value is -1.10. The van der Waals surface area contributed by atoms with Gasteiger partial charge in [-0.25, -0.2) is 9.18 Å². The van der Waals surface area contributed by atoms with E-state index in [1.54, 1.807) is 0 Å². The Morgan fingerprint density at radius 2 is 2.00 bits per heavy atom. The van der Waals surface area contributed by atoms with Crippen LogP contribution in [0.25, 0.3) is 0 Å². The third-order valence-electron chi connectivity index (χ3n) is 1.50. The second kappa shape index (κ2) is 6.40. The van der Waals surface area contributed by atoms with E-state index < -0.39 is 11.8 Å². The minimum atomic E-state index is -0.649. The first-order chi connectivity index (χ1) is 7.06. The van der Waals surface area contributed by atoms with Crippen LogP contribution >= 0.6 is 15.9 Å². The Labute approximate surface area is 96.5 Å². The number of carbonyl (C=O) groups excluding carboxylic acids is 1. The van der Waals surface area contributed by atoms with Gasteiger partial charge in [-0.05, 0) is 28.1 Å². The van der Waals surface area contributed by atoms with Gasteiger partial charge in [0.15, 0.2) is 0 Å². The van der Waals surface area contributed by atoms with E-state index in [1.807, 2.05) is 13.8 Å². The Kier molecular flexibility index (Phi) is 5.93. The van der Waals surface area contributed by atoms with Gasteiger partial charge in [0.05, 0.1) is 17.1 Å². The predicted molar refractivity (Wildman–Crippen MR) is 61.2 cm³/mol. The van der Waals surface area contributed by atoms with Crippen molar-refractivity contribution < 1.29 is 13.9 Å². The van der Waals surface area contributed by atoms with E-state index in [0.717, 1.165) is 6.07 Å². The maximum Gasteiger partial charge on any atom is 0.340 e. The molecule has 0 atom stereocenters. The van der Waals surface area contributed by atoms with Crippen molar-refractivity contribution in [1.82, 2.24) is 0 Å². The summed E-state index contributed by atoms with van der Waals surface area (Å²) < 4.78 is 17.6. The average Bonchev–Trinajstić information content (AvgIpc) is 2.25. The molecule has 0 aliphatic carbocycles. The fourth-order valence-corrected chi connectivity index (χ4v) is 1.21. The highest BCUT2D eigenvalue weighted by atomic mass is 79.9. The smallest absolute Gasteiger partial charge is 0.340 e. The Morgan fingerprint density at radius 1 is 1.47 bits per heavy atom. The number of anilines is 1. The van der Waals surface area contributed by atoms with Crippen molar-refractivity contribution in [1.29, 1.82) is 0 Å². The van der Waals surface area contributed by atoms with E-state index in [9.17, 15) is 9.18 Å². The summed E-state index contributed by atoms with van der Waals surface area (Å²) in [5, 5.41) is 0. The molecule has 0 aromatic heterocycles. The number of rotatable bonds is 1. The third kappa shape index (κ3) is 3.51. The molecule has 1 aromatic carbocycles. The minimum Gasteiger partial charge on any atom is -0.465 e. The summed E-state index contributed by atoms with van der Waals surface area (Å²) in [6.45, 7) is 4.00. The van der Waals surface area contributed by atoms with Crippen LogP contribution in [0.3, 0.4) is 0 Å². The summed E-state index contributed by atoms with van der Waals surface area (Å²) >= 11 is 2.94. The highest BCUT2D eigenvalue weighted by Gasteiger charge is 2.12. The summed E-state index contributed by atoms with van der Waals surface area (Å²) in [4.78, 5) is 11.0. The topological polar surface area (TPSA) is 52.3 Å². The standard InChI is InChI=1S/C8H7BrFNO2.C2H6/c1-13-8(12)4-2-6(10)5(9)3-7(4)11;1-2/h2-3H,11H2,1H3;1-2H3. The number of hydrogen-bond acceptors (Lipinski definition) is 3. The van der Waals surface area contributed by atoms with Crippen molar-refractivity contribution in [3.8, 4) is 0 Å². The van der Waals surface area contributed by atoms with Gasteiger partial charge in [0.2, 0.25) is 0 Å². The van der Waals surface area contributed by atoms with Gasteiger partial charge < -0.3 is 10.5 Å². The molecule has 0 heterocycles. The molecule has 84 valence electrons. The van der Waals surface area contributed by atoms with E-state index in [2.05, 4.69) is 20.7 Å². The van der Waals surface area contributed by atoms with Crippen molar-refractivity contribution in [2.45, 2.75) is 13.8 Å². The third-order valence-corrected chi connectivity index (χ3v) is 2.11. The lowest BCUT2D eigenvalue weighted by atomic mass is 10.2. The first-order valence-electron chi connectivity index (χ1n) is 4.39. The lowest BCUT2D eigenvalue weighted by Gasteiger charge is -2.04. The van der Waals surface area contributed by atoms with Crippen molar-refractivity contribution in [2.75, 3.05) is 12.8 Å². The number of nitrogen functional groups attached to an aromatic ring is 1. The number of methoxy groups -OCH3 is 1. The monoisotopic (exact) mass is 277 g/mol. The van der Waals surface area contributed by atoms with Crippen molar-refractivity contribution in [3.63, 3.8) is 0 Å². The second-order valence-corrected chi connectivity index (χ2v) is 3.20. The summed E-state index contributed by atoms with van der Waals surface area (Å²) in [6.07, 6.45) is 0. The molecule has 1 aromatic rings. The number of ether oxygens (including phenoxy) is 1. The molecule has 0 radical (unpaired) electrons. The van der Waals surface area contributed by atoms with Gasteiger partial charge in [-0.1, -0.05) is 13.8 Å². The van der Waals surface area contributed by atoms with E-state index in [1.165, 1.54) is 13.2 Å². The predicted octanol–water partition coefficient (Wildman–Crippen LogP) is 2.98. The van der Waals surface area contributed by atoms with Gasteiger partial charge in [0, 0.05) is 5.69 Å². The molecular weight excluding hydrogens is 265 g/mol. The number of esters is 1. The van der Waals surface area contributed by atoms with Crippen molar-refractivity contribution >= 4 is 27.6 Å². The molecule has 1 rings (SSSR count). The van der Waals surface area contributed by atoms with E-state index >= 15 is 0 Å². The SMILES string of the molecule is CC.COC(=O)c1cc(F)c(Br)cc1N. The van der Waals surface area contributed by atoms with Crippen LogP contribution in [0.2, 0.25) is 0 Å². The van der Waals surface area contributed by atoms with Crippen LogP contribution < -0.4 is 5.73 Å². The second-order valence-electron chi connectivity index (χ2n) is 2.35. The van der Waals surface area contributed by atoms with Crippen LogP contribution in [0, 0.1) is 5.82 Å². The average molecular weight is 278 g/mol. The molecule has 0 spiro atoms. The number of halogens is 2. The summed E-state index contributed by atoms with van der Waals surface area (Å²) in [5.74, 6) is -1.20. The number of nitrogens with two attached hydrogens (primary N) is 1. The first-order valence-corrected chi connectivity index (χ1v) is 5.18. The number of benzene rings is 1. The van der Waals surface area contributed by atoms with Gasteiger partial charge in [0.1, 0.15) is 5.82 Å². The van der Waals surface area contributed by atoms with Gasteiger partial charge in [-0.3, -0.25) is 0 Å². The molecule has 0 saturated heterocycles. The molecule has 0 aliphatic rings. The zero-order valence-corrected chi connectivity index (χ0v) is 10.4. The summed E-state index contributed by atoms with van der Waals surface area (Å²) in [5.41, 5.74) is 5.68. The van der Waals surface area contributed by atoms with Crippen LogP contribution in [-0.4, -0.2) is 13.1 Å². The van der Waals surface area contributed by atoms with Gasteiger partial charge in [-0.15, -0.1) is 0 Å². The van der Waals surface area contributed by atoms with Crippen LogP contribution in [0.15, 0.2) is 16.6 Å². The molecule has 0 unspecified atom stereocenters. The van der Waals surface area contributed by atoms with Gasteiger partial charge in [-0.2, -0.15) is 0 Å². The summed E-state index contributed by atoms with van der Waals surface area (Å²) in [6, 6.07) is 2.35. The number of hydrogen-bond donors (Lipinski definition) is 1. The van der Waals surface area contributed by atoms with Crippen molar-refractivity contribution in [2.24, 2.45) is 0 Å². The lowest BCUT2D eigenvalue weighted by Crippen LogP contribution is -2.06. The Bertz CT molecular complexity index is 356. The highest BCUT2D eigenvalue weighted by Crippen LogP contribution is 2.22. The summed E-state index contributed by atoms with van der Waals surface area (Å²) in [7, 11) is 1.21. The molecule has 5 heteroatoms. The number of carbonyl (C=O) groups is 1. The molecule has 15 heavy (non-hydrogen) atoms. The van der Waals surface area contributed by atoms with E-state index in [-0.39, 0.29) is 15.7 Å². The fraction of sp³-hybridized carbons (Fsp3) is 0.300. The quantitative estimate of drug-likeness (QED) is 0.634. The van der Waals surface area contributed by atoms with Crippen LogP contribution in [0.4, 0.5) is 10.1 Å². The molecule has 0 saturated carbocycles. The van der Waals surface area contributed by atoms with Gasteiger partial charge in [0.25, 0.3) is 0 Å². The molecule has 3 nitrogen and oxygen atoms in total. The molecule has 2 N–H and O–H groups in total. The van der Waals surface area contributed by atoms with E-state index in [0.29, 0.717) is 0 Å². The van der Waals surface area contributed by atoms with Crippen molar-refractivity contribution in [3.05, 3.63) is 28.0 Å².